The molecule has 1 heterocycles. The maximum absolute atomic E-state index is 10.9. The number of nitrogens with one attached hydrogen (secondary N) is 1. The third-order valence-electron chi connectivity index (χ3n) is 4.18. The number of nitrogens with zero attached hydrogens (tertiary/aromatic N) is 1. The molecule has 4 nitrogen and oxygen atoms in total. The highest BCUT2D eigenvalue weighted by atomic mass is 16.4. The number of rotatable bonds is 4. The lowest BCUT2D eigenvalue weighted by Crippen LogP contribution is -1.94. The normalized spacial score (nSPS) is 11.2. The molecule has 0 amide bonds. The molecule has 0 saturated carbocycles. The van der Waals surface area contributed by atoms with Gasteiger partial charge in [0.2, 0.25) is 0 Å². The van der Waals surface area contributed by atoms with Crippen LogP contribution in [-0.2, 0) is 0 Å². The Balaban J connectivity index is 1.60. The molecule has 0 aliphatic carbocycles. The molecule has 0 fully saturated rings. The van der Waals surface area contributed by atoms with Crippen molar-refractivity contribution in [2.24, 2.45) is 0 Å². The Morgan fingerprint density at radius 1 is 0.885 bits per heavy atom. The highest BCUT2D eigenvalue weighted by Gasteiger charge is 2.05. The van der Waals surface area contributed by atoms with Crippen LogP contribution in [0.2, 0.25) is 0 Å². The molecule has 0 aliphatic heterocycles. The van der Waals surface area contributed by atoms with Gasteiger partial charge in [-0.05, 0) is 41.5 Å². The minimum Gasteiger partial charge on any atom is -0.478 e. The Hall–Kier alpha value is -3.66. The van der Waals surface area contributed by atoms with Crippen molar-refractivity contribution in [3.8, 4) is 11.4 Å². The van der Waals surface area contributed by atoms with Crippen molar-refractivity contribution < 1.29 is 9.90 Å². The summed E-state index contributed by atoms with van der Waals surface area (Å²) in [7, 11) is 0. The van der Waals surface area contributed by atoms with Crippen molar-refractivity contribution in [3.63, 3.8) is 0 Å². The zero-order valence-corrected chi connectivity index (χ0v) is 13.9. The molecule has 1 aromatic heterocycles. The van der Waals surface area contributed by atoms with Gasteiger partial charge in [-0.1, -0.05) is 54.6 Å². The number of aromatic amines is 1. The lowest BCUT2D eigenvalue weighted by molar-refractivity contribution is 0.0697. The van der Waals surface area contributed by atoms with Gasteiger partial charge in [-0.15, -0.1) is 0 Å². The van der Waals surface area contributed by atoms with E-state index in [2.05, 4.69) is 16.0 Å². The first-order valence-corrected chi connectivity index (χ1v) is 8.26. The van der Waals surface area contributed by atoms with Gasteiger partial charge < -0.3 is 10.1 Å². The van der Waals surface area contributed by atoms with E-state index >= 15 is 0 Å². The second-order valence-electron chi connectivity index (χ2n) is 5.99. The number of carbonyl (C=O) groups is 1. The standard InChI is InChI=1S/C22H16N2O2/c25-22(26)17-12-10-15(11-13-17)8-9-16-4-3-5-18(14-16)21-23-19-6-1-2-7-20(19)24-21/h1-14H,(H,23,24)(H,25,26). The molecule has 0 radical (unpaired) electrons. The summed E-state index contributed by atoms with van der Waals surface area (Å²) in [6.07, 6.45) is 3.96. The van der Waals surface area contributed by atoms with Gasteiger partial charge in [0.05, 0.1) is 16.6 Å². The fourth-order valence-electron chi connectivity index (χ4n) is 2.81. The van der Waals surface area contributed by atoms with Gasteiger partial charge >= 0.3 is 5.97 Å². The molecule has 0 unspecified atom stereocenters. The largest absolute Gasteiger partial charge is 0.478 e. The Labute approximate surface area is 150 Å². The summed E-state index contributed by atoms with van der Waals surface area (Å²) in [6, 6.07) is 22.9. The molecule has 0 bridgehead atoms. The molecule has 126 valence electrons. The first kappa shape index (κ1) is 15.8. The summed E-state index contributed by atoms with van der Waals surface area (Å²) in [5.74, 6) is -0.0775. The summed E-state index contributed by atoms with van der Waals surface area (Å²) in [5, 5.41) is 8.95. The van der Waals surface area contributed by atoms with Crippen LogP contribution in [0.1, 0.15) is 21.5 Å². The predicted molar refractivity (Wildman–Crippen MR) is 104 cm³/mol. The topological polar surface area (TPSA) is 66.0 Å². The minimum atomic E-state index is -0.918. The number of carboxylic acids is 1. The molecule has 4 rings (SSSR count). The van der Waals surface area contributed by atoms with Crippen LogP contribution in [0.15, 0.2) is 72.8 Å². The molecule has 0 aliphatic rings. The van der Waals surface area contributed by atoms with E-state index in [0.29, 0.717) is 0 Å². The van der Waals surface area contributed by atoms with Gasteiger partial charge in [0.25, 0.3) is 0 Å². The van der Waals surface area contributed by atoms with Gasteiger partial charge in [-0.3, -0.25) is 0 Å². The quantitative estimate of drug-likeness (QED) is 0.508. The van der Waals surface area contributed by atoms with Crippen LogP contribution in [-0.4, -0.2) is 21.0 Å². The van der Waals surface area contributed by atoms with Gasteiger partial charge in [0.15, 0.2) is 0 Å². The van der Waals surface area contributed by atoms with E-state index < -0.39 is 5.97 Å². The molecule has 4 aromatic rings. The number of hydrogen-bond acceptors (Lipinski definition) is 2. The first-order valence-electron chi connectivity index (χ1n) is 8.26. The molecule has 0 saturated heterocycles. The minimum absolute atomic E-state index is 0.286. The van der Waals surface area contributed by atoms with Crippen LogP contribution >= 0.6 is 0 Å². The van der Waals surface area contributed by atoms with Crippen LogP contribution < -0.4 is 0 Å². The Bertz CT molecular complexity index is 1080. The van der Waals surface area contributed by atoms with E-state index in [1.165, 1.54) is 0 Å². The number of para-hydroxylation sites is 2. The maximum Gasteiger partial charge on any atom is 0.335 e. The number of imidazole rings is 1. The smallest absolute Gasteiger partial charge is 0.335 e. The number of aromatic carboxylic acids is 1. The Morgan fingerprint density at radius 2 is 1.65 bits per heavy atom. The van der Waals surface area contributed by atoms with Crippen LogP contribution in [0.3, 0.4) is 0 Å². The number of H-pyrrole nitrogens is 1. The van der Waals surface area contributed by atoms with E-state index in [-0.39, 0.29) is 5.56 Å². The summed E-state index contributed by atoms with van der Waals surface area (Å²) in [5.41, 5.74) is 5.26. The monoisotopic (exact) mass is 340 g/mol. The molecule has 0 spiro atoms. The van der Waals surface area contributed by atoms with Crippen LogP contribution in [0, 0.1) is 0 Å². The molecular weight excluding hydrogens is 324 g/mol. The molecule has 0 atom stereocenters. The second kappa shape index (κ2) is 6.69. The van der Waals surface area contributed by atoms with Crippen LogP contribution in [0.5, 0.6) is 0 Å². The Kier molecular flexibility index (Phi) is 4.07. The first-order chi connectivity index (χ1) is 12.7. The molecule has 3 aromatic carbocycles. The molecule has 4 heteroatoms. The molecule has 2 N–H and O–H groups in total. The zero-order chi connectivity index (χ0) is 17.9. The fourth-order valence-corrected chi connectivity index (χ4v) is 2.81. The van der Waals surface area contributed by atoms with Crippen molar-refractivity contribution in [1.82, 2.24) is 9.97 Å². The third-order valence-corrected chi connectivity index (χ3v) is 4.18. The molecular formula is C22H16N2O2. The number of carboxylic acid groups (broad SMARTS) is 1. The van der Waals surface area contributed by atoms with E-state index in [1.54, 1.807) is 24.3 Å². The van der Waals surface area contributed by atoms with Crippen molar-refractivity contribution in [2.45, 2.75) is 0 Å². The summed E-state index contributed by atoms with van der Waals surface area (Å²) in [6.45, 7) is 0. The van der Waals surface area contributed by atoms with Gasteiger partial charge in [-0.25, -0.2) is 9.78 Å². The van der Waals surface area contributed by atoms with Crippen molar-refractivity contribution in [2.75, 3.05) is 0 Å². The lowest BCUT2D eigenvalue weighted by Gasteiger charge is -2.00. The SMILES string of the molecule is O=C(O)c1ccc(C=Cc2cccc(-c3nc4ccccc4[nH]3)c2)cc1. The van der Waals surface area contributed by atoms with Gasteiger partial charge in [-0.2, -0.15) is 0 Å². The van der Waals surface area contributed by atoms with Gasteiger partial charge in [0, 0.05) is 5.56 Å². The van der Waals surface area contributed by atoms with Crippen LogP contribution in [0.4, 0.5) is 0 Å². The predicted octanol–water partition coefficient (Wildman–Crippen LogP) is 5.10. The van der Waals surface area contributed by atoms with E-state index in [0.717, 1.165) is 33.5 Å². The van der Waals surface area contributed by atoms with Crippen molar-refractivity contribution >= 4 is 29.2 Å². The number of aromatic nitrogens is 2. The summed E-state index contributed by atoms with van der Waals surface area (Å²) in [4.78, 5) is 18.9. The number of benzene rings is 3. The zero-order valence-electron chi connectivity index (χ0n) is 13.9. The average molecular weight is 340 g/mol. The third kappa shape index (κ3) is 3.26. The lowest BCUT2D eigenvalue weighted by atomic mass is 10.1. The summed E-state index contributed by atoms with van der Waals surface area (Å²) < 4.78 is 0. The van der Waals surface area contributed by atoms with E-state index in [1.807, 2.05) is 54.6 Å². The second-order valence-corrected chi connectivity index (χ2v) is 5.99. The van der Waals surface area contributed by atoms with E-state index in [9.17, 15) is 4.79 Å². The van der Waals surface area contributed by atoms with E-state index in [4.69, 9.17) is 5.11 Å². The summed E-state index contributed by atoms with van der Waals surface area (Å²) >= 11 is 0. The van der Waals surface area contributed by atoms with Crippen molar-refractivity contribution in [3.05, 3.63) is 89.5 Å². The number of hydrogen-bond donors (Lipinski definition) is 2. The fraction of sp³-hybridized carbons (Fsp3) is 0. The van der Waals surface area contributed by atoms with Gasteiger partial charge in [0.1, 0.15) is 5.82 Å². The number of fused-ring (bicyclic) bond motifs is 1. The highest BCUT2D eigenvalue weighted by Crippen LogP contribution is 2.22. The Morgan fingerprint density at radius 3 is 2.42 bits per heavy atom. The highest BCUT2D eigenvalue weighted by molar-refractivity contribution is 5.88. The van der Waals surface area contributed by atoms with Crippen LogP contribution in [0.25, 0.3) is 34.6 Å². The molecule has 26 heavy (non-hydrogen) atoms. The average Bonchev–Trinajstić information content (AvgIpc) is 3.11. The van der Waals surface area contributed by atoms with Crippen molar-refractivity contribution in [1.29, 1.82) is 0 Å². The maximum atomic E-state index is 10.9.